The van der Waals surface area contributed by atoms with Gasteiger partial charge in [0.05, 0.1) is 24.8 Å². The van der Waals surface area contributed by atoms with Crippen molar-refractivity contribution in [1.82, 2.24) is 14.8 Å². The average Bonchev–Trinajstić information content (AvgIpc) is 3.21. The van der Waals surface area contributed by atoms with Crippen molar-refractivity contribution in [3.8, 4) is 0 Å². The summed E-state index contributed by atoms with van der Waals surface area (Å²) in [5.74, 6) is -0.554. The molecule has 2 aliphatic heterocycles. The van der Waals surface area contributed by atoms with Crippen molar-refractivity contribution in [3.05, 3.63) is 16.1 Å². The summed E-state index contributed by atoms with van der Waals surface area (Å²) >= 11 is 1.42. The molecule has 0 radical (unpaired) electrons. The van der Waals surface area contributed by atoms with Crippen LogP contribution in [0.1, 0.15) is 42.7 Å². The summed E-state index contributed by atoms with van der Waals surface area (Å²) in [4.78, 5) is 33.0. The fourth-order valence-corrected chi connectivity index (χ4v) is 3.98. The van der Waals surface area contributed by atoms with Crippen molar-refractivity contribution in [2.45, 2.75) is 44.8 Å². The summed E-state index contributed by atoms with van der Waals surface area (Å²) in [6.45, 7) is 7.95. The Morgan fingerprint density at radius 2 is 2.00 bits per heavy atom. The van der Waals surface area contributed by atoms with Crippen molar-refractivity contribution in [2.24, 2.45) is 0 Å². The average molecular weight is 369 g/mol. The standard InChI is InChI=1S/C17H24FN3O3S/c1-17(2,3)16-19-12(10-25-16)14(22)21-9-11(18)8-13(21)15(23)20-4-6-24-7-5-20/h10-11,13H,4-9H2,1-3H3/t11-,13+/m1/s1. The van der Waals surface area contributed by atoms with E-state index in [9.17, 15) is 14.0 Å². The quantitative estimate of drug-likeness (QED) is 0.798. The second-order valence-electron chi connectivity index (χ2n) is 7.53. The first-order valence-corrected chi connectivity index (χ1v) is 9.43. The maximum atomic E-state index is 14.0. The predicted octanol–water partition coefficient (Wildman–Crippen LogP) is 1.85. The molecule has 3 rings (SSSR count). The minimum atomic E-state index is -1.18. The van der Waals surface area contributed by atoms with Gasteiger partial charge in [0.15, 0.2) is 0 Å². The monoisotopic (exact) mass is 369 g/mol. The number of carbonyl (C=O) groups excluding carboxylic acids is 2. The summed E-state index contributed by atoms with van der Waals surface area (Å²) in [7, 11) is 0. The molecule has 0 aliphatic carbocycles. The predicted molar refractivity (Wildman–Crippen MR) is 92.6 cm³/mol. The van der Waals surface area contributed by atoms with E-state index in [4.69, 9.17) is 4.74 Å². The Labute approximate surface area is 151 Å². The molecule has 0 unspecified atom stereocenters. The molecule has 3 heterocycles. The molecule has 6 nitrogen and oxygen atoms in total. The van der Waals surface area contributed by atoms with Gasteiger partial charge in [0.25, 0.3) is 5.91 Å². The van der Waals surface area contributed by atoms with Crippen LogP contribution >= 0.6 is 11.3 Å². The SMILES string of the molecule is CC(C)(C)c1nc(C(=O)N2C[C@H](F)C[C@H]2C(=O)N2CCOCC2)cs1. The molecule has 2 fully saturated rings. The van der Waals surface area contributed by atoms with E-state index in [2.05, 4.69) is 4.98 Å². The molecule has 0 spiro atoms. The van der Waals surface area contributed by atoms with Crippen LogP contribution in [-0.2, 0) is 14.9 Å². The number of aromatic nitrogens is 1. The van der Waals surface area contributed by atoms with Gasteiger partial charge in [-0.1, -0.05) is 20.8 Å². The highest BCUT2D eigenvalue weighted by Gasteiger charge is 2.42. The number of morpholine rings is 1. The van der Waals surface area contributed by atoms with Gasteiger partial charge < -0.3 is 14.5 Å². The Morgan fingerprint density at radius 3 is 2.60 bits per heavy atom. The second-order valence-corrected chi connectivity index (χ2v) is 8.39. The maximum absolute atomic E-state index is 14.0. The molecule has 1 aromatic heterocycles. The second kappa shape index (κ2) is 6.99. The van der Waals surface area contributed by atoms with Crippen molar-refractivity contribution in [2.75, 3.05) is 32.8 Å². The summed E-state index contributed by atoms with van der Waals surface area (Å²) in [6.07, 6.45) is -1.13. The lowest BCUT2D eigenvalue weighted by molar-refractivity contribution is -0.139. The Hall–Kier alpha value is -1.54. The maximum Gasteiger partial charge on any atom is 0.274 e. The van der Waals surface area contributed by atoms with E-state index < -0.39 is 12.2 Å². The molecule has 8 heteroatoms. The Morgan fingerprint density at radius 1 is 1.32 bits per heavy atom. The Balaban J connectivity index is 1.77. The van der Waals surface area contributed by atoms with Gasteiger partial charge in [-0.05, 0) is 0 Å². The lowest BCUT2D eigenvalue weighted by Crippen LogP contribution is -2.51. The van der Waals surface area contributed by atoms with Crippen molar-refractivity contribution in [1.29, 1.82) is 0 Å². The zero-order valence-electron chi connectivity index (χ0n) is 14.8. The molecular weight excluding hydrogens is 345 g/mol. The van der Waals surface area contributed by atoms with Crippen LogP contribution in [-0.4, -0.2) is 71.7 Å². The van der Waals surface area contributed by atoms with E-state index in [1.807, 2.05) is 20.8 Å². The number of thiazole rings is 1. The van der Waals surface area contributed by atoms with Crippen LogP contribution in [0.15, 0.2) is 5.38 Å². The van der Waals surface area contributed by atoms with Gasteiger partial charge in [0.1, 0.15) is 17.9 Å². The number of hydrogen-bond acceptors (Lipinski definition) is 5. The van der Waals surface area contributed by atoms with Gasteiger partial charge >= 0.3 is 0 Å². The zero-order chi connectivity index (χ0) is 18.2. The minimum absolute atomic E-state index is 0.0536. The van der Waals surface area contributed by atoms with Crippen molar-refractivity contribution >= 4 is 23.2 Å². The molecule has 0 aromatic carbocycles. The zero-order valence-corrected chi connectivity index (χ0v) is 15.6. The van der Waals surface area contributed by atoms with Crippen LogP contribution in [0.25, 0.3) is 0 Å². The van der Waals surface area contributed by atoms with Crippen LogP contribution in [0, 0.1) is 0 Å². The summed E-state index contributed by atoms with van der Waals surface area (Å²) in [5, 5.41) is 2.55. The van der Waals surface area contributed by atoms with Gasteiger partial charge in [-0.15, -0.1) is 11.3 Å². The number of halogens is 1. The Bertz CT molecular complexity index is 652. The number of likely N-dealkylation sites (tertiary alicyclic amines) is 1. The number of rotatable bonds is 2. The minimum Gasteiger partial charge on any atom is -0.378 e. The first-order valence-electron chi connectivity index (χ1n) is 8.55. The molecule has 2 saturated heterocycles. The summed E-state index contributed by atoms with van der Waals surface area (Å²) in [5.41, 5.74) is 0.142. The number of amides is 2. The molecule has 2 atom stereocenters. The lowest BCUT2D eigenvalue weighted by atomic mass is 9.98. The number of hydrogen-bond donors (Lipinski definition) is 0. The first kappa shape index (κ1) is 18.3. The largest absolute Gasteiger partial charge is 0.378 e. The highest BCUT2D eigenvalue weighted by Crippen LogP contribution is 2.28. The molecule has 1 aromatic rings. The smallest absolute Gasteiger partial charge is 0.274 e. The normalized spacial score (nSPS) is 24.6. The van der Waals surface area contributed by atoms with Gasteiger partial charge in [-0.3, -0.25) is 9.59 Å². The van der Waals surface area contributed by atoms with Gasteiger partial charge in [-0.25, -0.2) is 9.37 Å². The van der Waals surface area contributed by atoms with Gasteiger partial charge in [0.2, 0.25) is 5.91 Å². The lowest BCUT2D eigenvalue weighted by Gasteiger charge is -2.32. The molecular formula is C17H24FN3O3S. The Kier molecular flexibility index (Phi) is 5.11. The van der Waals surface area contributed by atoms with Gasteiger partial charge in [0, 0.05) is 30.3 Å². The van der Waals surface area contributed by atoms with Crippen LogP contribution < -0.4 is 0 Å². The van der Waals surface area contributed by atoms with E-state index in [0.717, 1.165) is 5.01 Å². The van der Waals surface area contributed by atoms with E-state index in [0.29, 0.717) is 32.0 Å². The van der Waals surface area contributed by atoms with E-state index in [-0.39, 0.29) is 30.2 Å². The third-order valence-electron chi connectivity index (χ3n) is 4.48. The third kappa shape index (κ3) is 3.84. The molecule has 0 N–H and O–H groups in total. The number of ether oxygens (including phenoxy) is 1. The molecule has 2 amide bonds. The number of nitrogens with zero attached hydrogens (tertiary/aromatic N) is 3. The molecule has 0 saturated carbocycles. The summed E-state index contributed by atoms with van der Waals surface area (Å²) < 4.78 is 19.3. The highest BCUT2D eigenvalue weighted by molar-refractivity contribution is 7.10. The number of alkyl halides is 1. The van der Waals surface area contributed by atoms with E-state index in [1.165, 1.54) is 16.2 Å². The molecule has 2 aliphatic rings. The van der Waals surface area contributed by atoms with E-state index >= 15 is 0 Å². The topological polar surface area (TPSA) is 62.7 Å². The highest BCUT2D eigenvalue weighted by atomic mass is 32.1. The fraction of sp³-hybridized carbons (Fsp3) is 0.706. The van der Waals surface area contributed by atoms with Crippen LogP contribution in [0.4, 0.5) is 4.39 Å². The molecule has 25 heavy (non-hydrogen) atoms. The van der Waals surface area contributed by atoms with E-state index in [1.54, 1.807) is 10.3 Å². The van der Waals surface area contributed by atoms with Gasteiger partial charge in [-0.2, -0.15) is 0 Å². The van der Waals surface area contributed by atoms with Crippen molar-refractivity contribution < 1.29 is 18.7 Å². The van der Waals surface area contributed by atoms with Crippen LogP contribution in [0.3, 0.4) is 0 Å². The van der Waals surface area contributed by atoms with Crippen LogP contribution in [0.2, 0.25) is 0 Å². The van der Waals surface area contributed by atoms with Crippen LogP contribution in [0.5, 0.6) is 0 Å². The first-order chi connectivity index (χ1) is 11.8. The molecule has 0 bridgehead atoms. The number of carbonyl (C=O) groups is 2. The fourth-order valence-electron chi connectivity index (χ4n) is 3.10. The molecule has 138 valence electrons. The third-order valence-corrected chi connectivity index (χ3v) is 5.75. The van der Waals surface area contributed by atoms with Crippen molar-refractivity contribution in [3.63, 3.8) is 0 Å². The summed E-state index contributed by atoms with van der Waals surface area (Å²) in [6, 6.07) is -0.750.